The molecule has 1 aliphatic carbocycles. The molecule has 0 aromatic heterocycles. The van der Waals surface area contributed by atoms with Gasteiger partial charge >= 0.3 is 0 Å². The highest BCUT2D eigenvalue weighted by atomic mass is 32.2. The number of hydrogen-bond donors (Lipinski definition) is 2. The molecule has 1 aromatic rings. The van der Waals surface area contributed by atoms with Gasteiger partial charge in [-0.25, -0.2) is 0 Å². The number of thioether (sulfide) groups is 1. The summed E-state index contributed by atoms with van der Waals surface area (Å²) in [4.78, 5) is 21.3. The van der Waals surface area contributed by atoms with Crippen molar-refractivity contribution < 1.29 is 9.90 Å². The zero-order valence-corrected chi connectivity index (χ0v) is 13.7. The monoisotopic (exact) mass is 337 g/mol. The van der Waals surface area contributed by atoms with Gasteiger partial charge < -0.3 is 10.4 Å². The molecule has 1 saturated heterocycles. The molecule has 1 aromatic carbocycles. The van der Waals surface area contributed by atoms with E-state index in [9.17, 15) is 9.90 Å². The Kier molecular flexibility index (Phi) is 2.27. The van der Waals surface area contributed by atoms with E-state index in [1.54, 1.807) is 6.08 Å². The van der Waals surface area contributed by atoms with Gasteiger partial charge in [0.2, 0.25) is 0 Å². The van der Waals surface area contributed by atoms with Crippen molar-refractivity contribution in [2.24, 2.45) is 9.98 Å². The quantitative estimate of drug-likeness (QED) is 0.700. The number of aromatic hydroxyl groups is 1. The van der Waals surface area contributed by atoms with Crippen LogP contribution in [-0.4, -0.2) is 34.3 Å². The number of anilines is 1. The van der Waals surface area contributed by atoms with Crippen molar-refractivity contribution in [3.05, 3.63) is 28.3 Å². The summed E-state index contributed by atoms with van der Waals surface area (Å²) in [5, 5.41) is 16.8. The molecule has 4 heterocycles. The number of phenolic OH excluding ortho intramolecular Hbond substituents is 1. The number of hydrogen-bond acceptors (Lipinski definition) is 6. The Bertz CT molecular complexity index is 1030. The largest absolute Gasteiger partial charge is 0.504 e. The molecule has 6 heteroatoms. The first kappa shape index (κ1) is 13.2. The Balaban J connectivity index is 1.79. The lowest BCUT2D eigenvalue weighted by molar-refractivity contribution is -0.115. The second-order valence-corrected chi connectivity index (χ2v) is 8.50. The van der Waals surface area contributed by atoms with E-state index in [1.807, 2.05) is 18.0 Å². The minimum Gasteiger partial charge on any atom is -0.504 e. The molecule has 6 rings (SSSR count). The first-order valence-electron chi connectivity index (χ1n) is 8.32. The third-order valence-corrected chi connectivity index (χ3v) is 7.42. The van der Waals surface area contributed by atoms with E-state index in [0.29, 0.717) is 12.1 Å². The van der Waals surface area contributed by atoms with E-state index < -0.39 is 0 Å². The highest BCUT2D eigenvalue weighted by Gasteiger charge is 2.55. The van der Waals surface area contributed by atoms with E-state index in [4.69, 9.17) is 4.99 Å². The molecule has 3 atom stereocenters. The Labute approximate surface area is 142 Å². The number of carbonyl (C=O) groups is 1. The first-order chi connectivity index (χ1) is 11.7. The van der Waals surface area contributed by atoms with Crippen LogP contribution in [0.25, 0.3) is 5.57 Å². The van der Waals surface area contributed by atoms with Crippen molar-refractivity contribution in [3.63, 3.8) is 0 Å². The van der Waals surface area contributed by atoms with Crippen molar-refractivity contribution >= 4 is 40.7 Å². The maximum absolute atomic E-state index is 12.0. The minimum atomic E-state index is -0.208. The van der Waals surface area contributed by atoms with Crippen LogP contribution < -0.4 is 15.9 Å². The lowest BCUT2D eigenvalue weighted by Gasteiger charge is -2.38. The summed E-state index contributed by atoms with van der Waals surface area (Å²) in [5.74, 6) is 0.432. The van der Waals surface area contributed by atoms with E-state index in [0.717, 1.165) is 41.2 Å². The second kappa shape index (κ2) is 4.11. The van der Waals surface area contributed by atoms with E-state index in [2.05, 4.69) is 16.4 Å². The summed E-state index contributed by atoms with van der Waals surface area (Å²) in [6, 6.07) is 0. The number of ketones is 1. The Hall–Kier alpha value is -2.08. The van der Waals surface area contributed by atoms with Crippen molar-refractivity contribution in [2.75, 3.05) is 11.9 Å². The van der Waals surface area contributed by atoms with Crippen LogP contribution in [0.1, 0.15) is 24.8 Å². The van der Waals surface area contributed by atoms with Gasteiger partial charge in [0.25, 0.3) is 0 Å². The molecule has 0 saturated carbocycles. The Morgan fingerprint density at radius 2 is 2.33 bits per heavy atom. The van der Waals surface area contributed by atoms with Gasteiger partial charge in [0.05, 0.1) is 16.4 Å². The molecule has 1 fully saturated rings. The van der Waals surface area contributed by atoms with Crippen LogP contribution in [0.2, 0.25) is 0 Å². The molecule has 2 bridgehead atoms. The third kappa shape index (κ3) is 1.38. The Morgan fingerprint density at radius 3 is 3.25 bits per heavy atom. The van der Waals surface area contributed by atoms with Crippen molar-refractivity contribution in [3.8, 4) is 5.75 Å². The first-order valence-corrected chi connectivity index (χ1v) is 9.27. The van der Waals surface area contributed by atoms with Crippen LogP contribution in [0.4, 0.5) is 11.4 Å². The van der Waals surface area contributed by atoms with Crippen LogP contribution in [-0.2, 0) is 10.2 Å². The highest BCUT2D eigenvalue weighted by Crippen LogP contribution is 2.59. The smallest absolute Gasteiger partial charge is 0.165 e. The normalized spacial score (nSPS) is 33.7. The number of fused-ring (bicyclic) bond motifs is 3. The highest BCUT2D eigenvalue weighted by molar-refractivity contribution is 8.01. The predicted molar refractivity (Wildman–Crippen MR) is 93.8 cm³/mol. The van der Waals surface area contributed by atoms with Crippen LogP contribution in [0, 0.1) is 0 Å². The molecule has 120 valence electrons. The van der Waals surface area contributed by atoms with Crippen molar-refractivity contribution in [2.45, 2.75) is 35.3 Å². The van der Waals surface area contributed by atoms with Crippen LogP contribution in [0.5, 0.6) is 5.75 Å². The van der Waals surface area contributed by atoms with Gasteiger partial charge in [0.1, 0.15) is 5.69 Å². The molecule has 5 nitrogen and oxygen atoms in total. The number of aliphatic imine (C=N–C) groups is 1. The van der Waals surface area contributed by atoms with Crippen molar-refractivity contribution in [1.29, 1.82) is 0 Å². The van der Waals surface area contributed by atoms with Crippen LogP contribution >= 0.6 is 11.8 Å². The summed E-state index contributed by atoms with van der Waals surface area (Å²) in [7, 11) is 0. The summed E-state index contributed by atoms with van der Waals surface area (Å²) >= 11 is 1.82. The van der Waals surface area contributed by atoms with E-state index >= 15 is 0 Å². The maximum Gasteiger partial charge on any atom is 0.165 e. The molecule has 24 heavy (non-hydrogen) atoms. The predicted octanol–water partition coefficient (Wildman–Crippen LogP) is 1.31. The molecule has 0 amide bonds. The number of carbonyl (C=O) groups excluding carboxylic acids is 1. The fraction of sp³-hybridized carbons (Fsp3) is 0.389. The van der Waals surface area contributed by atoms with Crippen molar-refractivity contribution in [1.82, 2.24) is 0 Å². The van der Waals surface area contributed by atoms with Crippen LogP contribution in [0.15, 0.2) is 22.1 Å². The number of nitrogens with one attached hydrogen (secondary N) is 1. The van der Waals surface area contributed by atoms with Gasteiger partial charge in [0, 0.05) is 40.6 Å². The second-order valence-electron chi connectivity index (χ2n) is 7.09. The molecule has 5 aliphatic rings. The average Bonchev–Trinajstić information content (AvgIpc) is 3.12. The zero-order valence-electron chi connectivity index (χ0n) is 12.9. The number of nitrogens with zero attached hydrogens (tertiary/aromatic N) is 2. The van der Waals surface area contributed by atoms with Gasteiger partial charge in [-0.1, -0.05) is 6.08 Å². The topological polar surface area (TPSA) is 74.0 Å². The molecule has 3 unspecified atom stereocenters. The molecule has 1 spiro atoms. The van der Waals surface area contributed by atoms with Gasteiger partial charge in [0.15, 0.2) is 11.5 Å². The summed E-state index contributed by atoms with van der Waals surface area (Å²) in [6.45, 7) is 0.755. The summed E-state index contributed by atoms with van der Waals surface area (Å²) in [6.07, 6.45) is 8.06. The lowest BCUT2D eigenvalue weighted by Crippen LogP contribution is -2.47. The zero-order chi connectivity index (χ0) is 16.1. The number of benzene rings is 1. The summed E-state index contributed by atoms with van der Waals surface area (Å²) < 4.78 is 0. The number of phenols is 1. The molecular formula is C18H15N3O2S. The average molecular weight is 337 g/mol. The van der Waals surface area contributed by atoms with Gasteiger partial charge in [-0.2, -0.15) is 0 Å². The van der Waals surface area contributed by atoms with Gasteiger partial charge in [-0.05, 0) is 24.5 Å². The van der Waals surface area contributed by atoms with Gasteiger partial charge in [-0.3, -0.25) is 14.8 Å². The Morgan fingerprint density at radius 1 is 1.42 bits per heavy atom. The van der Waals surface area contributed by atoms with E-state index in [1.165, 1.54) is 5.57 Å². The molecule has 0 radical (unpaired) electrons. The SMILES string of the molecule is O=C1C=CC23CC(Nc4c(O)c5c6c(c42)=NCCC=6C=N5)SC3C1. The maximum atomic E-state index is 12.0. The number of rotatable bonds is 0. The van der Waals surface area contributed by atoms with E-state index in [-0.39, 0.29) is 27.6 Å². The van der Waals surface area contributed by atoms with Crippen LogP contribution in [0.3, 0.4) is 0 Å². The third-order valence-electron chi connectivity index (χ3n) is 5.89. The summed E-state index contributed by atoms with van der Waals surface area (Å²) in [5.41, 5.74) is 3.48. The fourth-order valence-corrected chi connectivity index (χ4v) is 6.62. The van der Waals surface area contributed by atoms with Gasteiger partial charge in [-0.15, -0.1) is 11.8 Å². The molecular weight excluding hydrogens is 322 g/mol. The molecule has 4 aliphatic heterocycles. The standard InChI is InChI=1S/C18H15N3O2S/c22-9-1-3-18-6-11(24-10(18)5-9)21-16-13(18)14-12-8(2-4-19-14)7-20-15(12)17(16)23/h1,3,7,10-11,21,23H,2,4-6H2. The number of allylic oxidation sites excluding steroid dienone is 2. The minimum absolute atomic E-state index is 0.193. The lowest BCUT2D eigenvalue weighted by atomic mass is 9.68. The molecule has 2 N–H and O–H groups in total. The fourth-order valence-electron chi connectivity index (χ4n) is 4.87.